The van der Waals surface area contributed by atoms with Crippen LogP contribution in [0.4, 0.5) is 0 Å². The van der Waals surface area contributed by atoms with Gasteiger partial charge in [0.2, 0.25) is 5.91 Å². The Morgan fingerprint density at radius 3 is 3.00 bits per heavy atom. The van der Waals surface area contributed by atoms with Gasteiger partial charge in [-0.2, -0.15) is 5.26 Å². The summed E-state index contributed by atoms with van der Waals surface area (Å²) < 4.78 is 0. The van der Waals surface area contributed by atoms with E-state index >= 15 is 0 Å². The van der Waals surface area contributed by atoms with E-state index < -0.39 is 12.1 Å². The van der Waals surface area contributed by atoms with Crippen molar-refractivity contribution < 1.29 is 4.79 Å². The molecule has 0 aromatic heterocycles. The van der Waals surface area contributed by atoms with Gasteiger partial charge in [-0.15, -0.1) is 0 Å². The molecule has 0 spiro atoms. The Hall–Kier alpha value is -1.13. The third-order valence-corrected chi connectivity index (χ3v) is 3.88. The minimum atomic E-state index is -0.715. The fraction of sp³-hybridized carbons (Fsp3) is 0.333. The van der Waals surface area contributed by atoms with Crippen molar-refractivity contribution in [1.82, 2.24) is 16.2 Å². The Kier molecular flexibility index (Phi) is 4.77. The number of carbonyl (C=O) groups excluding carboxylic acids is 1. The zero-order chi connectivity index (χ0) is 13.8. The molecule has 0 saturated carbocycles. The molecule has 1 aromatic rings. The van der Waals surface area contributed by atoms with Gasteiger partial charge in [0.15, 0.2) is 0 Å². The normalized spacial score (nSPS) is 23.6. The second-order valence-electron chi connectivity index (χ2n) is 4.14. The SMILES string of the molecule is N#CC(NC(=O)C1NNCC1Br)c1cccc(Cl)c1. The summed E-state index contributed by atoms with van der Waals surface area (Å²) in [6.07, 6.45) is 0. The van der Waals surface area contributed by atoms with Crippen molar-refractivity contribution in [3.05, 3.63) is 34.9 Å². The van der Waals surface area contributed by atoms with E-state index in [2.05, 4.69) is 38.2 Å². The summed E-state index contributed by atoms with van der Waals surface area (Å²) in [4.78, 5) is 12.0. The number of nitriles is 1. The van der Waals surface area contributed by atoms with Gasteiger partial charge >= 0.3 is 0 Å². The summed E-state index contributed by atoms with van der Waals surface area (Å²) in [7, 11) is 0. The van der Waals surface area contributed by atoms with Gasteiger partial charge in [0, 0.05) is 11.6 Å². The van der Waals surface area contributed by atoms with Crippen molar-refractivity contribution in [2.24, 2.45) is 0 Å². The van der Waals surface area contributed by atoms with Gasteiger partial charge in [0.05, 0.1) is 10.9 Å². The third kappa shape index (κ3) is 3.45. The molecule has 7 heteroatoms. The predicted octanol–water partition coefficient (Wildman–Crippen LogP) is 1.26. The van der Waals surface area contributed by atoms with Crippen molar-refractivity contribution in [2.45, 2.75) is 16.9 Å². The first kappa shape index (κ1) is 14.3. The Morgan fingerprint density at radius 1 is 1.63 bits per heavy atom. The summed E-state index contributed by atoms with van der Waals surface area (Å²) in [6.45, 7) is 0.645. The maximum Gasteiger partial charge on any atom is 0.240 e. The van der Waals surface area contributed by atoms with Crippen LogP contribution in [0.3, 0.4) is 0 Å². The predicted molar refractivity (Wildman–Crippen MR) is 75.6 cm³/mol. The molecule has 3 atom stereocenters. The number of alkyl halides is 1. The lowest BCUT2D eigenvalue weighted by atomic mass is 10.1. The summed E-state index contributed by atoms with van der Waals surface area (Å²) in [5.41, 5.74) is 6.40. The molecule has 100 valence electrons. The van der Waals surface area contributed by atoms with E-state index in [4.69, 9.17) is 11.6 Å². The maximum absolute atomic E-state index is 12.1. The first-order chi connectivity index (χ1) is 9.11. The monoisotopic (exact) mass is 342 g/mol. The Labute approximate surface area is 124 Å². The van der Waals surface area contributed by atoms with E-state index in [1.165, 1.54) is 0 Å². The van der Waals surface area contributed by atoms with Crippen LogP contribution in [-0.4, -0.2) is 23.3 Å². The van der Waals surface area contributed by atoms with Gasteiger partial charge in [-0.1, -0.05) is 39.7 Å². The number of nitrogens with zero attached hydrogens (tertiary/aromatic N) is 1. The van der Waals surface area contributed by atoms with E-state index in [0.29, 0.717) is 17.1 Å². The van der Waals surface area contributed by atoms with Crippen LogP contribution in [0.1, 0.15) is 11.6 Å². The number of benzene rings is 1. The van der Waals surface area contributed by atoms with Crippen LogP contribution in [-0.2, 0) is 4.79 Å². The van der Waals surface area contributed by atoms with Crippen LogP contribution in [0.25, 0.3) is 0 Å². The van der Waals surface area contributed by atoms with E-state index in [-0.39, 0.29) is 10.7 Å². The number of halogens is 2. The van der Waals surface area contributed by atoms with E-state index in [1.54, 1.807) is 24.3 Å². The molecule has 3 unspecified atom stereocenters. The lowest BCUT2D eigenvalue weighted by molar-refractivity contribution is -0.123. The van der Waals surface area contributed by atoms with Gasteiger partial charge in [0.25, 0.3) is 0 Å². The largest absolute Gasteiger partial charge is 0.335 e. The maximum atomic E-state index is 12.1. The lowest BCUT2D eigenvalue weighted by Crippen LogP contribution is -2.46. The quantitative estimate of drug-likeness (QED) is 0.722. The molecule has 2 rings (SSSR count). The highest BCUT2D eigenvalue weighted by atomic mass is 79.9. The van der Waals surface area contributed by atoms with E-state index in [1.807, 2.05) is 0 Å². The van der Waals surface area contributed by atoms with E-state index in [9.17, 15) is 10.1 Å². The van der Waals surface area contributed by atoms with Crippen molar-refractivity contribution in [2.75, 3.05) is 6.54 Å². The fourth-order valence-electron chi connectivity index (χ4n) is 1.81. The molecule has 1 saturated heterocycles. The molecule has 0 aliphatic carbocycles. The van der Waals surface area contributed by atoms with E-state index in [0.717, 1.165) is 0 Å². The molecule has 1 heterocycles. The van der Waals surface area contributed by atoms with Gasteiger partial charge < -0.3 is 5.32 Å². The molecule has 1 fully saturated rings. The molecule has 19 heavy (non-hydrogen) atoms. The average molecular weight is 344 g/mol. The zero-order valence-corrected chi connectivity index (χ0v) is 12.2. The number of hydrogen-bond donors (Lipinski definition) is 3. The lowest BCUT2D eigenvalue weighted by Gasteiger charge is -2.17. The van der Waals surface area contributed by atoms with Crippen LogP contribution >= 0.6 is 27.5 Å². The summed E-state index contributed by atoms with van der Waals surface area (Å²) in [5.74, 6) is -0.238. The highest BCUT2D eigenvalue weighted by Gasteiger charge is 2.32. The number of hydrazine groups is 1. The van der Waals surface area contributed by atoms with Crippen LogP contribution in [0.2, 0.25) is 5.02 Å². The second-order valence-corrected chi connectivity index (χ2v) is 5.76. The van der Waals surface area contributed by atoms with Crippen molar-refractivity contribution in [3.63, 3.8) is 0 Å². The summed E-state index contributed by atoms with van der Waals surface area (Å²) in [6, 6.07) is 7.83. The van der Waals surface area contributed by atoms with Gasteiger partial charge in [-0.25, -0.2) is 5.43 Å². The highest BCUT2D eigenvalue weighted by Crippen LogP contribution is 2.18. The molecule has 0 radical (unpaired) electrons. The van der Waals surface area contributed by atoms with Crippen LogP contribution in [0, 0.1) is 11.3 Å². The standard InChI is InChI=1S/C12H12BrClN4O/c13-9-6-16-18-11(9)12(19)17-10(5-15)7-2-1-3-8(14)4-7/h1-4,9-11,16,18H,6H2,(H,17,19). The summed E-state index contributed by atoms with van der Waals surface area (Å²) in [5, 5.41) is 12.4. The number of carbonyl (C=O) groups is 1. The van der Waals surface area contributed by atoms with Gasteiger partial charge in [-0.05, 0) is 17.7 Å². The Balaban J connectivity index is 2.07. The molecule has 3 N–H and O–H groups in total. The first-order valence-corrected chi connectivity index (χ1v) is 6.99. The average Bonchev–Trinajstić information content (AvgIpc) is 2.82. The Morgan fingerprint density at radius 2 is 2.42 bits per heavy atom. The second kappa shape index (κ2) is 6.35. The van der Waals surface area contributed by atoms with Gasteiger partial charge in [-0.3, -0.25) is 10.2 Å². The van der Waals surface area contributed by atoms with Crippen LogP contribution in [0.15, 0.2) is 24.3 Å². The van der Waals surface area contributed by atoms with Crippen molar-refractivity contribution >= 4 is 33.4 Å². The summed E-state index contributed by atoms with van der Waals surface area (Å²) >= 11 is 9.28. The highest BCUT2D eigenvalue weighted by molar-refractivity contribution is 9.09. The number of nitrogens with one attached hydrogen (secondary N) is 3. The van der Waals surface area contributed by atoms with Crippen LogP contribution < -0.4 is 16.2 Å². The fourth-order valence-corrected chi connectivity index (χ4v) is 2.55. The molecular formula is C12H12BrClN4O. The number of rotatable bonds is 3. The molecule has 5 nitrogen and oxygen atoms in total. The molecule has 1 aromatic carbocycles. The Bertz CT molecular complexity index is 519. The zero-order valence-electron chi connectivity index (χ0n) is 9.86. The van der Waals surface area contributed by atoms with Gasteiger partial charge in [0.1, 0.15) is 12.1 Å². The molecular weight excluding hydrogens is 332 g/mol. The molecule has 1 aliphatic rings. The smallest absolute Gasteiger partial charge is 0.240 e. The topological polar surface area (TPSA) is 77.0 Å². The number of amides is 1. The minimum absolute atomic E-state index is 0.00814. The number of hydrogen-bond acceptors (Lipinski definition) is 4. The molecule has 1 amide bonds. The first-order valence-electron chi connectivity index (χ1n) is 5.69. The van der Waals surface area contributed by atoms with Crippen molar-refractivity contribution in [3.8, 4) is 6.07 Å². The minimum Gasteiger partial charge on any atom is -0.335 e. The molecule has 1 aliphatic heterocycles. The third-order valence-electron chi connectivity index (χ3n) is 2.80. The molecule has 0 bridgehead atoms. The van der Waals surface area contributed by atoms with Crippen molar-refractivity contribution in [1.29, 1.82) is 5.26 Å². The van der Waals surface area contributed by atoms with Crippen LogP contribution in [0.5, 0.6) is 0 Å².